The van der Waals surface area contributed by atoms with Crippen LogP contribution in [0.15, 0.2) is 15.2 Å². The molecule has 0 bridgehead atoms. The highest BCUT2D eigenvalue weighted by Gasteiger charge is 1.99. The summed E-state index contributed by atoms with van der Waals surface area (Å²) in [5, 5.41) is 2.06. The van der Waals surface area contributed by atoms with Gasteiger partial charge in [-0.2, -0.15) is 0 Å². The van der Waals surface area contributed by atoms with Crippen molar-refractivity contribution >= 4 is 39.7 Å². The number of halogens is 2. The summed E-state index contributed by atoms with van der Waals surface area (Å²) in [6.45, 7) is 1.98. The highest BCUT2D eigenvalue weighted by Crippen LogP contribution is 2.23. The third-order valence-electron chi connectivity index (χ3n) is 1.11. The maximum Gasteiger partial charge on any atom is 0.0701 e. The third-order valence-corrected chi connectivity index (χ3v) is 2.64. The van der Waals surface area contributed by atoms with Crippen LogP contribution in [0, 0.1) is 0 Å². The Morgan fingerprint density at radius 3 is 2.50 bits per heavy atom. The molecular weight excluding hydrogens is 233 g/mol. The van der Waals surface area contributed by atoms with Gasteiger partial charge in [0, 0.05) is 6.04 Å². The lowest BCUT2D eigenvalue weighted by atomic mass is 10.2. The van der Waals surface area contributed by atoms with E-state index in [1.54, 1.807) is 11.3 Å². The van der Waals surface area contributed by atoms with Crippen molar-refractivity contribution in [3.63, 3.8) is 0 Å². The minimum Gasteiger partial charge on any atom is -0.324 e. The second kappa shape index (κ2) is 4.34. The molecule has 1 rings (SSSR count). The van der Waals surface area contributed by atoms with E-state index in [4.69, 9.17) is 5.73 Å². The zero-order valence-corrected chi connectivity index (χ0v) is 8.72. The van der Waals surface area contributed by atoms with Crippen LogP contribution in [0.2, 0.25) is 0 Å². The molecule has 0 aromatic carbocycles. The first-order valence-electron chi connectivity index (χ1n) is 2.69. The SMILES string of the molecule is C[C@@H](N)c1csc(Br)c1.Cl. The van der Waals surface area contributed by atoms with Gasteiger partial charge in [0.1, 0.15) is 0 Å². The number of nitrogens with two attached hydrogens (primary N) is 1. The number of hydrogen-bond donors (Lipinski definition) is 1. The van der Waals surface area contributed by atoms with Crippen LogP contribution >= 0.6 is 39.7 Å². The standard InChI is InChI=1S/C6H8BrNS.ClH/c1-4(8)5-2-6(7)9-3-5;/h2-4H,8H2,1H3;1H/t4-;/m1./s1. The minimum absolute atomic E-state index is 0. The molecule has 0 fully saturated rings. The first-order chi connectivity index (χ1) is 4.20. The van der Waals surface area contributed by atoms with E-state index in [9.17, 15) is 0 Å². The van der Waals surface area contributed by atoms with Gasteiger partial charge in [-0.05, 0) is 39.9 Å². The molecule has 10 heavy (non-hydrogen) atoms. The van der Waals surface area contributed by atoms with E-state index in [1.807, 2.05) is 6.92 Å². The first-order valence-corrected chi connectivity index (χ1v) is 4.37. The van der Waals surface area contributed by atoms with Gasteiger partial charge in [0.2, 0.25) is 0 Å². The maximum atomic E-state index is 5.61. The molecule has 0 radical (unpaired) electrons. The molecule has 0 amide bonds. The van der Waals surface area contributed by atoms with Gasteiger partial charge in [0.05, 0.1) is 3.79 Å². The quantitative estimate of drug-likeness (QED) is 0.805. The van der Waals surface area contributed by atoms with Crippen LogP contribution in [0.25, 0.3) is 0 Å². The molecule has 1 nitrogen and oxygen atoms in total. The molecule has 1 aromatic heterocycles. The summed E-state index contributed by atoms with van der Waals surface area (Å²) in [5.74, 6) is 0. The lowest BCUT2D eigenvalue weighted by molar-refractivity contribution is 0.822. The second-order valence-electron chi connectivity index (χ2n) is 1.97. The maximum absolute atomic E-state index is 5.61. The van der Waals surface area contributed by atoms with Crippen LogP contribution < -0.4 is 5.73 Å². The Kier molecular flexibility index (Phi) is 4.52. The molecule has 1 heterocycles. The topological polar surface area (TPSA) is 26.0 Å². The van der Waals surface area contributed by atoms with Gasteiger partial charge in [-0.1, -0.05) is 0 Å². The summed E-state index contributed by atoms with van der Waals surface area (Å²) >= 11 is 5.03. The van der Waals surface area contributed by atoms with Crippen LogP contribution in [-0.2, 0) is 0 Å². The molecule has 0 spiro atoms. The zero-order chi connectivity index (χ0) is 6.85. The molecule has 0 aliphatic rings. The predicted octanol–water partition coefficient (Wildman–Crippen LogP) is 2.95. The minimum atomic E-state index is 0. The van der Waals surface area contributed by atoms with Crippen LogP contribution in [0.4, 0.5) is 0 Å². The van der Waals surface area contributed by atoms with Crippen molar-refractivity contribution in [2.24, 2.45) is 5.73 Å². The fourth-order valence-corrected chi connectivity index (χ4v) is 1.84. The molecule has 0 saturated carbocycles. The normalized spacial score (nSPS) is 12.3. The van der Waals surface area contributed by atoms with Gasteiger partial charge in [0.15, 0.2) is 0 Å². The lowest BCUT2D eigenvalue weighted by Gasteiger charge is -1.97. The van der Waals surface area contributed by atoms with Crippen molar-refractivity contribution in [1.29, 1.82) is 0 Å². The van der Waals surface area contributed by atoms with Crippen molar-refractivity contribution < 1.29 is 0 Å². The summed E-state index contributed by atoms with van der Waals surface area (Å²) in [6.07, 6.45) is 0. The van der Waals surface area contributed by atoms with Gasteiger partial charge >= 0.3 is 0 Å². The molecule has 4 heteroatoms. The smallest absolute Gasteiger partial charge is 0.0701 e. The summed E-state index contributed by atoms with van der Waals surface area (Å²) in [6, 6.07) is 2.21. The Labute approximate surface area is 79.2 Å². The van der Waals surface area contributed by atoms with Crippen LogP contribution in [-0.4, -0.2) is 0 Å². The van der Waals surface area contributed by atoms with E-state index in [1.165, 1.54) is 5.56 Å². The molecular formula is C6H9BrClNS. The van der Waals surface area contributed by atoms with Gasteiger partial charge in [0.25, 0.3) is 0 Å². The molecule has 0 aliphatic heterocycles. The van der Waals surface area contributed by atoms with E-state index >= 15 is 0 Å². The molecule has 0 aliphatic carbocycles. The van der Waals surface area contributed by atoms with E-state index in [0.717, 1.165) is 3.79 Å². The lowest BCUT2D eigenvalue weighted by Crippen LogP contribution is -2.02. The monoisotopic (exact) mass is 241 g/mol. The van der Waals surface area contributed by atoms with Gasteiger partial charge in [-0.3, -0.25) is 0 Å². The number of rotatable bonds is 1. The Balaban J connectivity index is 0.000000810. The average Bonchev–Trinajstić information content (AvgIpc) is 2.14. The highest BCUT2D eigenvalue weighted by atomic mass is 79.9. The Morgan fingerprint density at radius 2 is 2.30 bits per heavy atom. The second-order valence-corrected chi connectivity index (χ2v) is 4.26. The molecule has 0 saturated heterocycles. The van der Waals surface area contributed by atoms with Gasteiger partial charge in [-0.15, -0.1) is 23.7 Å². The van der Waals surface area contributed by atoms with E-state index < -0.39 is 0 Å². The van der Waals surface area contributed by atoms with Crippen molar-refractivity contribution in [3.8, 4) is 0 Å². The van der Waals surface area contributed by atoms with Crippen molar-refractivity contribution in [1.82, 2.24) is 0 Å². The van der Waals surface area contributed by atoms with Gasteiger partial charge in [-0.25, -0.2) is 0 Å². The Morgan fingerprint density at radius 1 is 1.70 bits per heavy atom. The summed E-state index contributed by atoms with van der Waals surface area (Å²) in [7, 11) is 0. The van der Waals surface area contributed by atoms with Gasteiger partial charge < -0.3 is 5.73 Å². The fraction of sp³-hybridized carbons (Fsp3) is 0.333. The average molecular weight is 243 g/mol. The molecule has 2 N–H and O–H groups in total. The first kappa shape index (κ1) is 10.4. The van der Waals surface area contributed by atoms with Crippen molar-refractivity contribution in [2.75, 3.05) is 0 Å². The van der Waals surface area contributed by atoms with E-state index in [0.29, 0.717) is 0 Å². The summed E-state index contributed by atoms with van der Waals surface area (Å²) in [5.41, 5.74) is 6.81. The van der Waals surface area contributed by atoms with E-state index in [-0.39, 0.29) is 18.4 Å². The van der Waals surface area contributed by atoms with Crippen molar-refractivity contribution in [3.05, 3.63) is 20.8 Å². The summed E-state index contributed by atoms with van der Waals surface area (Å²) < 4.78 is 1.15. The molecule has 0 unspecified atom stereocenters. The third kappa shape index (κ3) is 2.58. The Hall–Kier alpha value is 0.430. The predicted molar refractivity (Wildman–Crippen MR) is 51.9 cm³/mol. The molecule has 1 atom stereocenters. The van der Waals surface area contributed by atoms with Crippen LogP contribution in [0.5, 0.6) is 0 Å². The van der Waals surface area contributed by atoms with Crippen LogP contribution in [0.3, 0.4) is 0 Å². The summed E-state index contributed by atoms with van der Waals surface area (Å²) in [4.78, 5) is 0. The Bertz CT molecular complexity index is 199. The molecule has 1 aromatic rings. The zero-order valence-electron chi connectivity index (χ0n) is 5.50. The number of thiophene rings is 1. The fourth-order valence-electron chi connectivity index (χ4n) is 0.562. The van der Waals surface area contributed by atoms with E-state index in [2.05, 4.69) is 27.4 Å². The van der Waals surface area contributed by atoms with Crippen LogP contribution in [0.1, 0.15) is 18.5 Å². The number of hydrogen-bond acceptors (Lipinski definition) is 2. The highest BCUT2D eigenvalue weighted by molar-refractivity contribution is 9.11. The largest absolute Gasteiger partial charge is 0.324 e. The molecule has 58 valence electrons. The van der Waals surface area contributed by atoms with Crippen molar-refractivity contribution in [2.45, 2.75) is 13.0 Å².